The molecule has 0 aromatic heterocycles. The van der Waals surface area contributed by atoms with Gasteiger partial charge in [-0.1, -0.05) is 29.8 Å². The predicted molar refractivity (Wildman–Crippen MR) is 87.1 cm³/mol. The highest BCUT2D eigenvalue weighted by Gasteiger charge is 2.17. The summed E-state index contributed by atoms with van der Waals surface area (Å²) in [5.41, 5.74) is 6.85. The fourth-order valence-corrected chi connectivity index (χ4v) is 2.20. The number of rotatable bonds is 5. The first-order chi connectivity index (χ1) is 10.9. The van der Waals surface area contributed by atoms with E-state index in [-0.39, 0.29) is 22.6 Å². The van der Waals surface area contributed by atoms with Gasteiger partial charge in [-0.25, -0.2) is 0 Å². The number of nitrogens with two attached hydrogens (primary N) is 1. The lowest BCUT2D eigenvalue weighted by atomic mass is 10.00. The van der Waals surface area contributed by atoms with E-state index in [1.165, 1.54) is 18.2 Å². The summed E-state index contributed by atoms with van der Waals surface area (Å²) in [5, 5.41) is 20.2. The van der Waals surface area contributed by atoms with Crippen LogP contribution in [0.5, 0.6) is 0 Å². The number of aliphatic carboxylic acids is 1. The van der Waals surface area contributed by atoms with Crippen LogP contribution in [-0.4, -0.2) is 28.3 Å². The number of aliphatic imine (C=N–C) groups is 1. The van der Waals surface area contributed by atoms with Crippen molar-refractivity contribution in [2.45, 2.75) is 0 Å². The van der Waals surface area contributed by atoms with Crippen molar-refractivity contribution < 1.29 is 14.8 Å². The third-order valence-electron chi connectivity index (χ3n) is 3.00. The van der Waals surface area contributed by atoms with Crippen LogP contribution in [0, 0.1) is 10.1 Å². The lowest BCUT2D eigenvalue weighted by Crippen LogP contribution is -2.11. The molecular weight excluding hydrogens is 322 g/mol. The smallest absolute Gasteiger partial charge is 0.325 e. The Bertz CT molecular complexity index is 805. The number of carboxylic acid groups (broad SMARTS) is 1. The van der Waals surface area contributed by atoms with Crippen LogP contribution in [0.15, 0.2) is 47.5 Å². The quantitative estimate of drug-likeness (QED) is 0.377. The van der Waals surface area contributed by atoms with Crippen molar-refractivity contribution >= 4 is 34.7 Å². The zero-order valence-corrected chi connectivity index (χ0v) is 12.5. The number of carboxylic acids is 1. The Morgan fingerprint density at radius 2 is 1.96 bits per heavy atom. The number of nitrogen functional groups attached to an aromatic ring is 1. The van der Waals surface area contributed by atoms with E-state index < -0.39 is 17.4 Å². The lowest BCUT2D eigenvalue weighted by Gasteiger charge is -2.11. The van der Waals surface area contributed by atoms with E-state index in [1.807, 2.05) is 0 Å². The maximum Gasteiger partial charge on any atom is 0.325 e. The van der Waals surface area contributed by atoms with Gasteiger partial charge in [-0.05, 0) is 12.1 Å². The van der Waals surface area contributed by atoms with Crippen molar-refractivity contribution in [3.05, 3.63) is 68.7 Å². The minimum absolute atomic E-state index is 0.177. The SMILES string of the molecule is Nc1ccc([N+](=O)[O-])cc1C(=NCC(=O)O)c1ccccc1Cl. The Morgan fingerprint density at radius 3 is 2.57 bits per heavy atom. The van der Waals surface area contributed by atoms with Gasteiger partial charge in [0, 0.05) is 34.0 Å². The van der Waals surface area contributed by atoms with Gasteiger partial charge in [0.2, 0.25) is 0 Å². The number of carbonyl (C=O) groups is 1. The number of non-ortho nitro benzene ring substituents is 1. The van der Waals surface area contributed by atoms with E-state index in [0.29, 0.717) is 10.6 Å². The van der Waals surface area contributed by atoms with Crippen LogP contribution in [0.25, 0.3) is 0 Å². The molecule has 0 saturated heterocycles. The third-order valence-corrected chi connectivity index (χ3v) is 3.33. The second-order valence-corrected chi connectivity index (χ2v) is 4.97. The molecule has 0 spiro atoms. The van der Waals surface area contributed by atoms with Gasteiger partial charge in [-0.15, -0.1) is 0 Å². The van der Waals surface area contributed by atoms with Crippen LogP contribution >= 0.6 is 11.6 Å². The molecule has 0 amide bonds. The molecule has 0 radical (unpaired) electrons. The third kappa shape index (κ3) is 3.83. The van der Waals surface area contributed by atoms with E-state index in [0.717, 1.165) is 0 Å². The molecule has 3 N–H and O–H groups in total. The van der Waals surface area contributed by atoms with Crippen LogP contribution < -0.4 is 5.73 Å². The lowest BCUT2D eigenvalue weighted by molar-refractivity contribution is -0.384. The minimum Gasteiger partial charge on any atom is -0.480 e. The van der Waals surface area contributed by atoms with Gasteiger partial charge in [0.05, 0.1) is 10.6 Å². The van der Waals surface area contributed by atoms with Crippen molar-refractivity contribution in [2.75, 3.05) is 12.3 Å². The average Bonchev–Trinajstić information content (AvgIpc) is 2.50. The first-order valence-corrected chi connectivity index (χ1v) is 6.83. The molecule has 2 rings (SSSR count). The van der Waals surface area contributed by atoms with Gasteiger partial charge >= 0.3 is 5.97 Å². The standard InChI is InChI=1S/C15H12ClN3O4/c16-12-4-2-1-3-10(12)15(18-8-14(20)21)11-7-9(19(22)23)5-6-13(11)17/h1-7H,8,17H2,(H,20,21). The maximum atomic E-state index is 11.0. The first kappa shape index (κ1) is 16.4. The predicted octanol–water partition coefficient (Wildman–Crippen LogP) is 2.75. The molecule has 0 bridgehead atoms. The molecule has 0 atom stereocenters. The normalized spacial score (nSPS) is 11.3. The van der Waals surface area contributed by atoms with Gasteiger partial charge in [0.1, 0.15) is 6.54 Å². The number of hydrogen-bond donors (Lipinski definition) is 2. The molecule has 8 heteroatoms. The molecule has 0 aliphatic carbocycles. The van der Waals surface area contributed by atoms with Gasteiger partial charge in [-0.3, -0.25) is 19.9 Å². The van der Waals surface area contributed by atoms with E-state index in [2.05, 4.69) is 4.99 Å². The molecule has 0 unspecified atom stereocenters. The van der Waals surface area contributed by atoms with Crippen LogP contribution in [0.1, 0.15) is 11.1 Å². The van der Waals surface area contributed by atoms with Crippen LogP contribution in [0.2, 0.25) is 5.02 Å². The molecule has 118 valence electrons. The number of nitrogens with zero attached hydrogens (tertiary/aromatic N) is 2. The van der Waals surface area contributed by atoms with Crippen LogP contribution in [0.3, 0.4) is 0 Å². The molecule has 0 fully saturated rings. The molecule has 7 nitrogen and oxygen atoms in total. The Balaban J connectivity index is 2.66. The van der Waals surface area contributed by atoms with E-state index in [4.69, 9.17) is 22.4 Å². The Morgan fingerprint density at radius 1 is 1.26 bits per heavy atom. The van der Waals surface area contributed by atoms with E-state index in [9.17, 15) is 14.9 Å². The van der Waals surface area contributed by atoms with Crippen LogP contribution in [-0.2, 0) is 4.79 Å². The highest BCUT2D eigenvalue weighted by atomic mass is 35.5. The second-order valence-electron chi connectivity index (χ2n) is 4.57. The molecule has 0 heterocycles. The van der Waals surface area contributed by atoms with Crippen molar-refractivity contribution in [1.82, 2.24) is 0 Å². The highest BCUT2D eigenvalue weighted by Crippen LogP contribution is 2.26. The fraction of sp³-hybridized carbons (Fsp3) is 0.0667. The second kappa shape index (κ2) is 6.89. The first-order valence-electron chi connectivity index (χ1n) is 6.45. The number of benzene rings is 2. The molecule has 2 aromatic carbocycles. The van der Waals surface area contributed by atoms with Crippen molar-refractivity contribution in [3.8, 4) is 0 Å². The zero-order chi connectivity index (χ0) is 17.0. The van der Waals surface area contributed by atoms with Crippen LogP contribution in [0.4, 0.5) is 11.4 Å². The van der Waals surface area contributed by atoms with Gasteiger partial charge < -0.3 is 10.8 Å². The Hall–Kier alpha value is -2.93. The summed E-state index contributed by atoms with van der Waals surface area (Å²) in [6.07, 6.45) is 0. The maximum absolute atomic E-state index is 11.0. The number of nitro benzene ring substituents is 1. The summed E-state index contributed by atoms with van der Waals surface area (Å²) in [4.78, 5) is 25.2. The number of nitro groups is 1. The van der Waals surface area contributed by atoms with Crippen molar-refractivity contribution in [1.29, 1.82) is 0 Å². The zero-order valence-electron chi connectivity index (χ0n) is 11.8. The summed E-state index contributed by atoms with van der Waals surface area (Å²) >= 11 is 6.14. The van der Waals surface area contributed by atoms with Gasteiger partial charge in [0.25, 0.3) is 5.69 Å². The highest BCUT2D eigenvalue weighted by molar-refractivity contribution is 6.35. The summed E-state index contributed by atoms with van der Waals surface area (Å²) in [6, 6.07) is 10.5. The summed E-state index contributed by atoms with van der Waals surface area (Å²) in [5.74, 6) is -1.14. The topological polar surface area (TPSA) is 119 Å². The fourth-order valence-electron chi connectivity index (χ4n) is 1.98. The number of halogens is 1. The largest absolute Gasteiger partial charge is 0.480 e. The molecular formula is C15H12ClN3O4. The van der Waals surface area contributed by atoms with E-state index >= 15 is 0 Å². The molecule has 0 aliphatic rings. The average molecular weight is 334 g/mol. The summed E-state index contributed by atoms with van der Waals surface area (Å²) < 4.78 is 0. The van der Waals surface area contributed by atoms with Gasteiger partial charge in [-0.2, -0.15) is 0 Å². The number of hydrogen-bond acceptors (Lipinski definition) is 5. The molecule has 0 saturated carbocycles. The van der Waals surface area contributed by atoms with Gasteiger partial charge in [0.15, 0.2) is 0 Å². The summed E-state index contributed by atoms with van der Waals surface area (Å²) in [6.45, 7) is -0.511. The van der Waals surface area contributed by atoms with Crippen molar-refractivity contribution in [2.24, 2.45) is 4.99 Å². The minimum atomic E-state index is -1.14. The Labute approximate surface area is 136 Å². The summed E-state index contributed by atoms with van der Waals surface area (Å²) in [7, 11) is 0. The molecule has 0 aliphatic heterocycles. The Kier molecular flexibility index (Phi) is 4.92. The van der Waals surface area contributed by atoms with Crippen molar-refractivity contribution in [3.63, 3.8) is 0 Å². The molecule has 2 aromatic rings. The monoisotopic (exact) mass is 333 g/mol. The number of anilines is 1. The molecule has 23 heavy (non-hydrogen) atoms. The van der Waals surface area contributed by atoms with E-state index in [1.54, 1.807) is 24.3 Å².